The monoisotopic (exact) mass is 470 g/mol. The van der Waals surface area contributed by atoms with Crippen molar-refractivity contribution < 1.29 is 9.59 Å². The predicted molar refractivity (Wildman–Crippen MR) is 142 cm³/mol. The van der Waals surface area contributed by atoms with Crippen molar-refractivity contribution in [1.82, 2.24) is 10.2 Å². The van der Waals surface area contributed by atoms with E-state index in [-0.39, 0.29) is 6.04 Å². The summed E-state index contributed by atoms with van der Waals surface area (Å²) >= 11 is 0. The van der Waals surface area contributed by atoms with Gasteiger partial charge in [0.15, 0.2) is 0 Å². The van der Waals surface area contributed by atoms with Crippen molar-refractivity contribution >= 4 is 23.2 Å². The molecule has 1 aliphatic rings. The van der Waals surface area contributed by atoms with Crippen LogP contribution in [0.5, 0.6) is 0 Å². The third-order valence-electron chi connectivity index (χ3n) is 6.70. The number of nitrogens with zero attached hydrogens (tertiary/aromatic N) is 2. The highest BCUT2D eigenvalue weighted by atomic mass is 16.2. The number of hydrogen-bond donors (Lipinski definition) is 2. The summed E-state index contributed by atoms with van der Waals surface area (Å²) < 4.78 is 0. The lowest BCUT2D eigenvalue weighted by atomic mass is 9.96. The van der Waals surface area contributed by atoms with E-state index < -0.39 is 11.8 Å². The van der Waals surface area contributed by atoms with Crippen LogP contribution in [0.4, 0.5) is 11.4 Å². The first kappa shape index (κ1) is 24.5. The number of nitrogens with one attached hydrogen (secondary N) is 2. The van der Waals surface area contributed by atoms with E-state index in [1.54, 1.807) is 0 Å². The Morgan fingerprint density at radius 1 is 0.914 bits per heavy atom. The zero-order valence-corrected chi connectivity index (χ0v) is 20.8. The van der Waals surface area contributed by atoms with Gasteiger partial charge in [-0.2, -0.15) is 0 Å². The minimum atomic E-state index is -0.642. The van der Waals surface area contributed by atoms with E-state index in [9.17, 15) is 9.59 Å². The number of anilines is 2. The summed E-state index contributed by atoms with van der Waals surface area (Å²) in [6.45, 7) is 4.07. The second-order valence-corrected chi connectivity index (χ2v) is 9.17. The molecule has 6 nitrogen and oxygen atoms in total. The normalized spacial score (nSPS) is 14.0. The lowest BCUT2D eigenvalue weighted by Gasteiger charge is -2.36. The highest BCUT2D eigenvalue weighted by Gasteiger charge is 2.26. The van der Waals surface area contributed by atoms with Crippen molar-refractivity contribution in [2.75, 3.05) is 37.4 Å². The number of amides is 2. The van der Waals surface area contributed by atoms with Crippen LogP contribution < -0.4 is 15.5 Å². The number of hydrogen-bond acceptors (Lipinski definition) is 4. The zero-order valence-electron chi connectivity index (χ0n) is 20.8. The Kier molecular flexibility index (Phi) is 7.83. The van der Waals surface area contributed by atoms with Gasteiger partial charge >= 0.3 is 11.8 Å². The van der Waals surface area contributed by atoms with Gasteiger partial charge in [0.1, 0.15) is 0 Å². The second kappa shape index (κ2) is 11.2. The number of aryl methyl sites for hydroxylation is 1. The maximum atomic E-state index is 12.8. The minimum Gasteiger partial charge on any atom is -0.378 e. The van der Waals surface area contributed by atoms with Gasteiger partial charge in [0.05, 0.1) is 6.04 Å². The van der Waals surface area contributed by atoms with Gasteiger partial charge in [0.2, 0.25) is 0 Å². The Balaban J connectivity index is 1.49. The fraction of sp³-hybridized carbons (Fsp3) is 0.310. The molecule has 2 N–H and O–H groups in total. The number of carbonyl (C=O) groups is 2. The minimum absolute atomic E-state index is 0.0424. The molecule has 3 aromatic rings. The predicted octanol–water partition coefficient (Wildman–Crippen LogP) is 4.17. The van der Waals surface area contributed by atoms with Crippen LogP contribution in [-0.2, 0) is 29.0 Å². The topological polar surface area (TPSA) is 64.7 Å². The molecule has 35 heavy (non-hydrogen) atoms. The Morgan fingerprint density at radius 2 is 1.60 bits per heavy atom. The van der Waals surface area contributed by atoms with E-state index in [1.165, 1.54) is 11.1 Å². The quantitative estimate of drug-likeness (QED) is 0.509. The first-order valence-electron chi connectivity index (χ1n) is 12.2. The van der Waals surface area contributed by atoms with Crippen molar-refractivity contribution in [1.29, 1.82) is 0 Å². The Bertz CT molecular complexity index is 1170. The van der Waals surface area contributed by atoms with Gasteiger partial charge < -0.3 is 15.5 Å². The van der Waals surface area contributed by atoms with Gasteiger partial charge in [0, 0.05) is 45.1 Å². The maximum Gasteiger partial charge on any atom is 0.313 e. The molecule has 1 atom stereocenters. The van der Waals surface area contributed by atoms with Crippen LogP contribution in [-0.4, -0.2) is 43.9 Å². The zero-order chi connectivity index (χ0) is 24.8. The highest BCUT2D eigenvalue weighted by molar-refractivity contribution is 6.39. The molecule has 0 aromatic heterocycles. The number of fused-ring (bicyclic) bond motifs is 1. The van der Waals surface area contributed by atoms with Crippen molar-refractivity contribution in [2.45, 2.75) is 32.4 Å². The summed E-state index contributed by atoms with van der Waals surface area (Å²) in [6.07, 6.45) is 1.74. The SMILES string of the molecule is CCc1ccccc1NC(=O)C(=O)NCC(c1ccc(N(C)C)cc1)N1CCc2ccccc2C1. The molecule has 0 bridgehead atoms. The molecule has 0 spiro atoms. The first-order valence-corrected chi connectivity index (χ1v) is 12.2. The lowest BCUT2D eigenvalue weighted by Crippen LogP contribution is -2.43. The molecule has 0 fully saturated rings. The van der Waals surface area contributed by atoms with E-state index in [1.807, 2.05) is 45.3 Å². The van der Waals surface area contributed by atoms with Crippen molar-refractivity contribution in [3.05, 3.63) is 95.1 Å². The fourth-order valence-electron chi connectivity index (χ4n) is 4.64. The molecule has 1 unspecified atom stereocenters. The Labute approximate surface area is 207 Å². The molecule has 6 heteroatoms. The van der Waals surface area contributed by atoms with Gasteiger partial charge in [-0.3, -0.25) is 14.5 Å². The number of benzene rings is 3. The molecule has 3 aromatic carbocycles. The van der Waals surface area contributed by atoms with E-state index in [2.05, 4.69) is 69.0 Å². The van der Waals surface area contributed by atoms with Gasteiger partial charge in [-0.25, -0.2) is 0 Å². The number of rotatable bonds is 7. The third-order valence-corrected chi connectivity index (χ3v) is 6.70. The summed E-state index contributed by atoms with van der Waals surface area (Å²) in [7, 11) is 4.03. The smallest absolute Gasteiger partial charge is 0.313 e. The Morgan fingerprint density at radius 3 is 2.31 bits per heavy atom. The van der Waals surface area contributed by atoms with Gasteiger partial charge in [0.25, 0.3) is 0 Å². The van der Waals surface area contributed by atoms with Crippen LogP contribution in [0.15, 0.2) is 72.8 Å². The van der Waals surface area contributed by atoms with E-state index in [0.29, 0.717) is 12.2 Å². The molecule has 0 aliphatic carbocycles. The van der Waals surface area contributed by atoms with Crippen molar-refractivity contribution in [2.24, 2.45) is 0 Å². The van der Waals surface area contributed by atoms with Crippen molar-refractivity contribution in [3.63, 3.8) is 0 Å². The molecule has 182 valence electrons. The largest absolute Gasteiger partial charge is 0.378 e. The van der Waals surface area contributed by atoms with Gasteiger partial charge in [-0.05, 0) is 53.3 Å². The lowest BCUT2D eigenvalue weighted by molar-refractivity contribution is -0.136. The number of para-hydroxylation sites is 1. The number of carbonyl (C=O) groups excluding carboxylic acids is 2. The average molecular weight is 471 g/mol. The fourth-order valence-corrected chi connectivity index (χ4v) is 4.64. The molecule has 2 amide bonds. The van der Waals surface area contributed by atoms with Crippen molar-refractivity contribution in [3.8, 4) is 0 Å². The van der Waals surface area contributed by atoms with Gasteiger partial charge in [-0.1, -0.05) is 61.5 Å². The molecule has 1 heterocycles. The molecular formula is C29H34N4O2. The summed E-state index contributed by atoms with van der Waals surface area (Å²) in [4.78, 5) is 29.9. The third kappa shape index (κ3) is 5.89. The average Bonchev–Trinajstić information content (AvgIpc) is 2.89. The standard InChI is InChI=1S/C29H34N4O2/c1-4-21-9-7-8-12-26(21)31-29(35)28(34)30-19-27(23-13-15-25(16-14-23)32(2)3)33-18-17-22-10-5-6-11-24(22)20-33/h5-16,27H,4,17-20H2,1-3H3,(H,30,34)(H,31,35). The van der Waals surface area contributed by atoms with E-state index >= 15 is 0 Å². The van der Waals surface area contributed by atoms with E-state index in [0.717, 1.165) is 42.7 Å². The summed E-state index contributed by atoms with van der Waals surface area (Å²) in [5.74, 6) is -1.26. The first-order chi connectivity index (χ1) is 17.0. The summed E-state index contributed by atoms with van der Waals surface area (Å²) in [6, 6.07) is 24.5. The van der Waals surface area contributed by atoms with Gasteiger partial charge in [-0.15, -0.1) is 0 Å². The molecule has 0 saturated carbocycles. The molecule has 0 radical (unpaired) electrons. The Hall–Kier alpha value is -3.64. The van der Waals surface area contributed by atoms with Crippen LogP contribution in [0, 0.1) is 0 Å². The molecule has 0 saturated heterocycles. The molecule has 4 rings (SSSR count). The highest BCUT2D eigenvalue weighted by Crippen LogP contribution is 2.28. The van der Waals surface area contributed by atoms with Crippen LogP contribution in [0.2, 0.25) is 0 Å². The van der Waals surface area contributed by atoms with Crippen LogP contribution in [0.3, 0.4) is 0 Å². The summed E-state index contributed by atoms with van der Waals surface area (Å²) in [5.41, 5.74) is 6.61. The van der Waals surface area contributed by atoms with Crippen LogP contribution in [0.1, 0.15) is 35.2 Å². The maximum absolute atomic E-state index is 12.8. The van der Waals surface area contributed by atoms with E-state index in [4.69, 9.17) is 0 Å². The summed E-state index contributed by atoms with van der Waals surface area (Å²) in [5, 5.41) is 5.66. The van der Waals surface area contributed by atoms with Crippen LogP contribution in [0.25, 0.3) is 0 Å². The molecule has 1 aliphatic heterocycles. The second-order valence-electron chi connectivity index (χ2n) is 9.17. The molecular weight excluding hydrogens is 436 g/mol. The van der Waals surface area contributed by atoms with Crippen LogP contribution >= 0.6 is 0 Å².